The number of hydrogen-bond donors (Lipinski definition) is 1. The lowest BCUT2D eigenvalue weighted by atomic mass is 10.1. The summed E-state index contributed by atoms with van der Waals surface area (Å²) in [5, 5.41) is 2.75. The zero-order valence-corrected chi connectivity index (χ0v) is 16.6. The van der Waals surface area contributed by atoms with Gasteiger partial charge in [-0.15, -0.1) is 0 Å². The third-order valence-corrected chi connectivity index (χ3v) is 6.83. The molecule has 0 radical (unpaired) electrons. The van der Waals surface area contributed by atoms with Gasteiger partial charge in [0.2, 0.25) is 10.0 Å². The van der Waals surface area contributed by atoms with E-state index in [2.05, 4.69) is 5.32 Å². The highest BCUT2D eigenvalue weighted by Gasteiger charge is 2.24. The van der Waals surface area contributed by atoms with E-state index < -0.39 is 15.8 Å². The van der Waals surface area contributed by atoms with Gasteiger partial charge in [0.25, 0.3) is 5.91 Å². The standard InChI is InChI=1S/C21H25FN2O3S/c22-19-7-5-6-18(16-19)21(25)23-13-12-17-8-10-20(11-9-17)28(26,27)24-14-3-1-2-4-15-24/h5-11,16H,1-4,12-15H2,(H,23,25). The number of rotatable bonds is 6. The number of nitrogens with one attached hydrogen (secondary N) is 1. The van der Waals surface area contributed by atoms with Gasteiger partial charge in [0.1, 0.15) is 5.82 Å². The van der Waals surface area contributed by atoms with Crippen molar-refractivity contribution in [2.24, 2.45) is 0 Å². The van der Waals surface area contributed by atoms with Gasteiger partial charge in [-0.25, -0.2) is 12.8 Å². The van der Waals surface area contributed by atoms with Gasteiger partial charge >= 0.3 is 0 Å². The van der Waals surface area contributed by atoms with Crippen LogP contribution in [0.15, 0.2) is 53.4 Å². The number of hydrogen-bond acceptors (Lipinski definition) is 3. The van der Waals surface area contributed by atoms with Gasteiger partial charge in [0.15, 0.2) is 0 Å². The first-order valence-electron chi connectivity index (χ1n) is 9.60. The molecule has 2 aromatic rings. The van der Waals surface area contributed by atoms with Crippen molar-refractivity contribution in [3.05, 3.63) is 65.5 Å². The van der Waals surface area contributed by atoms with Crippen LogP contribution < -0.4 is 5.32 Å². The van der Waals surface area contributed by atoms with Crippen LogP contribution in [0.25, 0.3) is 0 Å². The van der Waals surface area contributed by atoms with Crippen molar-refractivity contribution in [2.75, 3.05) is 19.6 Å². The molecular formula is C21H25FN2O3S. The zero-order chi connectivity index (χ0) is 20.0. The van der Waals surface area contributed by atoms with Crippen LogP contribution >= 0.6 is 0 Å². The van der Waals surface area contributed by atoms with Crippen molar-refractivity contribution in [3.8, 4) is 0 Å². The van der Waals surface area contributed by atoms with Crippen LogP contribution in [0.2, 0.25) is 0 Å². The number of sulfonamides is 1. The Labute approximate surface area is 165 Å². The molecule has 1 N–H and O–H groups in total. The molecule has 2 aromatic carbocycles. The smallest absolute Gasteiger partial charge is 0.251 e. The highest BCUT2D eigenvalue weighted by atomic mass is 32.2. The lowest BCUT2D eigenvalue weighted by Crippen LogP contribution is -2.31. The summed E-state index contributed by atoms with van der Waals surface area (Å²) in [6.45, 7) is 1.54. The predicted molar refractivity (Wildman–Crippen MR) is 106 cm³/mol. The molecule has 150 valence electrons. The molecule has 1 heterocycles. The number of carbonyl (C=O) groups excluding carboxylic acids is 1. The van der Waals surface area contributed by atoms with Crippen molar-refractivity contribution >= 4 is 15.9 Å². The van der Waals surface area contributed by atoms with E-state index in [0.717, 1.165) is 31.2 Å². The van der Waals surface area contributed by atoms with Gasteiger partial charge in [-0.1, -0.05) is 31.0 Å². The molecule has 0 aromatic heterocycles. The van der Waals surface area contributed by atoms with Gasteiger partial charge in [-0.2, -0.15) is 4.31 Å². The predicted octanol–water partition coefficient (Wildman–Crippen LogP) is 3.36. The fourth-order valence-corrected chi connectivity index (χ4v) is 4.83. The van der Waals surface area contributed by atoms with E-state index in [9.17, 15) is 17.6 Å². The van der Waals surface area contributed by atoms with Gasteiger partial charge in [0.05, 0.1) is 4.90 Å². The molecule has 1 amide bonds. The molecule has 0 spiro atoms. The second kappa shape index (κ2) is 9.30. The fraction of sp³-hybridized carbons (Fsp3) is 0.381. The van der Waals surface area contributed by atoms with E-state index in [1.54, 1.807) is 34.6 Å². The third-order valence-electron chi connectivity index (χ3n) is 4.91. The normalized spacial score (nSPS) is 15.8. The molecule has 7 heteroatoms. The molecule has 1 saturated heterocycles. The summed E-state index contributed by atoms with van der Waals surface area (Å²) in [5.41, 5.74) is 1.20. The summed E-state index contributed by atoms with van der Waals surface area (Å²) in [4.78, 5) is 12.3. The minimum atomic E-state index is -3.45. The van der Waals surface area contributed by atoms with Crippen LogP contribution in [-0.4, -0.2) is 38.3 Å². The first-order valence-corrected chi connectivity index (χ1v) is 11.0. The number of nitrogens with zero attached hydrogens (tertiary/aromatic N) is 1. The second-order valence-electron chi connectivity index (χ2n) is 6.98. The molecule has 0 saturated carbocycles. The van der Waals surface area contributed by atoms with Crippen molar-refractivity contribution < 1.29 is 17.6 Å². The molecular weight excluding hydrogens is 379 g/mol. The van der Waals surface area contributed by atoms with Crippen LogP contribution in [0.5, 0.6) is 0 Å². The van der Waals surface area contributed by atoms with Crippen molar-refractivity contribution in [2.45, 2.75) is 37.0 Å². The summed E-state index contributed by atoms with van der Waals surface area (Å²) >= 11 is 0. The van der Waals surface area contributed by atoms with Gasteiger partial charge in [0, 0.05) is 25.2 Å². The maximum absolute atomic E-state index is 13.2. The van der Waals surface area contributed by atoms with Crippen LogP contribution in [0.1, 0.15) is 41.6 Å². The lowest BCUT2D eigenvalue weighted by Gasteiger charge is -2.20. The highest BCUT2D eigenvalue weighted by molar-refractivity contribution is 7.89. The fourth-order valence-electron chi connectivity index (χ4n) is 3.31. The summed E-state index contributed by atoms with van der Waals surface area (Å²) in [7, 11) is -3.45. The monoisotopic (exact) mass is 404 g/mol. The Bertz CT molecular complexity index is 906. The van der Waals surface area contributed by atoms with Crippen LogP contribution in [0, 0.1) is 5.82 Å². The molecule has 5 nitrogen and oxygen atoms in total. The largest absolute Gasteiger partial charge is 0.352 e. The number of halogens is 1. The van der Waals surface area contributed by atoms with E-state index in [1.165, 1.54) is 18.2 Å². The van der Waals surface area contributed by atoms with Crippen molar-refractivity contribution in [1.29, 1.82) is 0 Å². The molecule has 1 fully saturated rings. The summed E-state index contributed by atoms with van der Waals surface area (Å²) < 4.78 is 40.3. The van der Waals surface area contributed by atoms with Gasteiger partial charge in [-0.05, 0) is 55.2 Å². The summed E-state index contributed by atoms with van der Waals surface area (Å²) in [6.07, 6.45) is 4.52. The molecule has 0 bridgehead atoms. The number of amides is 1. The second-order valence-corrected chi connectivity index (χ2v) is 8.92. The quantitative estimate of drug-likeness (QED) is 0.803. The van der Waals surface area contributed by atoms with Crippen LogP contribution in [0.3, 0.4) is 0 Å². The zero-order valence-electron chi connectivity index (χ0n) is 15.7. The maximum Gasteiger partial charge on any atom is 0.251 e. The van der Waals surface area contributed by atoms with Crippen LogP contribution in [0.4, 0.5) is 4.39 Å². The summed E-state index contributed by atoms with van der Waals surface area (Å²) in [5.74, 6) is -0.784. The number of carbonyl (C=O) groups is 1. The topological polar surface area (TPSA) is 66.5 Å². The summed E-state index contributed by atoms with van der Waals surface area (Å²) in [6, 6.07) is 12.3. The molecule has 3 rings (SSSR count). The van der Waals surface area contributed by atoms with E-state index in [0.29, 0.717) is 31.0 Å². The Morgan fingerprint density at radius 3 is 2.32 bits per heavy atom. The molecule has 1 aliphatic heterocycles. The van der Waals surface area contributed by atoms with E-state index in [-0.39, 0.29) is 11.5 Å². The molecule has 0 atom stereocenters. The van der Waals surface area contributed by atoms with E-state index in [4.69, 9.17) is 0 Å². The Hall–Kier alpha value is -2.25. The Morgan fingerprint density at radius 2 is 1.68 bits per heavy atom. The van der Waals surface area contributed by atoms with Gasteiger partial charge < -0.3 is 5.32 Å². The molecule has 1 aliphatic rings. The van der Waals surface area contributed by atoms with Gasteiger partial charge in [-0.3, -0.25) is 4.79 Å². The Balaban J connectivity index is 1.56. The SMILES string of the molecule is O=C(NCCc1ccc(S(=O)(=O)N2CCCCCC2)cc1)c1cccc(F)c1. The molecule has 28 heavy (non-hydrogen) atoms. The minimum Gasteiger partial charge on any atom is -0.352 e. The van der Waals surface area contributed by atoms with E-state index >= 15 is 0 Å². The first-order chi connectivity index (χ1) is 13.5. The lowest BCUT2D eigenvalue weighted by molar-refractivity contribution is 0.0953. The Kier molecular flexibility index (Phi) is 6.80. The third kappa shape index (κ3) is 5.17. The maximum atomic E-state index is 13.2. The average Bonchev–Trinajstić information content (AvgIpc) is 2.98. The van der Waals surface area contributed by atoms with Crippen molar-refractivity contribution in [1.82, 2.24) is 9.62 Å². The first kappa shape index (κ1) is 20.5. The molecule has 0 unspecified atom stereocenters. The highest BCUT2D eigenvalue weighted by Crippen LogP contribution is 2.20. The average molecular weight is 405 g/mol. The van der Waals surface area contributed by atoms with Crippen LogP contribution in [-0.2, 0) is 16.4 Å². The van der Waals surface area contributed by atoms with E-state index in [1.807, 2.05) is 0 Å². The minimum absolute atomic E-state index is 0.277. The molecule has 0 aliphatic carbocycles. The van der Waals surface area contributed by atoms with Crippen molar-refractivity contribution in [3.63, 3.8) is 0 Å². The Morgan fingerprint density at radius 1 is 1.00 bits per heavy atom. The number of benzene rings is 2.